The molecule has 0 aromatic heterocycles. The Morgan fingerprint density at radius 2 is 1.93 bits per heavy atom. The van der Waals surface area contributed by atoms with Crippen LogP contribution in [0.25, 0.3) is 0 Å². The van der Waals surface area contributed by atoms with E-state index in [-0.39, 0.29) is 6.04 Å². The lowest BCUT2D eigenvalue weighted by molar-refractivity contribution is 0.174. The fraction of sp³-hybridized carbons (Fsp3) is 0.538. The Kier molecular flexibility index (Phi) is 5.37. The van der Waals surface area contributed by atoms with Gasteiger partial charge in [-0.15, -0.1) is 0 Å². The summed E-state index contributed by atoms with van der Waals surface area (Å²) in [5, 5.41) is 0. The van der Waals surface area contributed by atoms with Gasteiger partial charge in [0.05, 0.1) is 0 Å². The minimum Gasteiger partial charge on any atom is -0.385 e. The zero-order valence-electron chi connectivity index (χ0n) is 9.65. The highest BCUT2D eigenvalue weighted by atomic mass is 16.5. The SMILES string of the molecule is COCCC(C)C(N)Cc1ccccc1. The minimum atomic E-state index is 0.225. The molecule has 2 heteroatoms. The molecule has 1 aromatic carbocycles. The van der Waals surface area contributed by atoms with Crippen molar-refractivity contribution in [3.63, 3.8) is 0 Å². The quantitative estimate of drug-likeness (QED) is 0.776. The molecule has 0 amide bonds. The number of hydrogen-bond acceptors (Lipinski definition) is 2. The smallest absolute Gasteiger partial charge is 0.0465 e. The zero-order valence-corrected chi connectivity index (χ0v) is 9.65. The van der Waals surface area contributed by atoms with Crippen molar-refractivity contribution in [2.75, 3.05) is 13.7 Å². The highest BCUT2D eigenvalue weighted by Crippen LogP contribution is 2.11. The molecule has 1 rings (SSSR count). The first kappa shape index (κ1) is 12.2. The Morgan fingerprint density at radius 3 is 2.53 bits per heavy atom. The van der Waals surface area contributed by atoms with Crippen molar-refractivity contribution < 1.29 is 4.74 Å². The van der Waals surface area contributed by atoms with Gasteiger partial charge in [0.2, 0.25) is 0 Å². The number of rotatable bonds is 6. The normalized spacial score (nSPS) is 14.9. The molecule has 2 unspecified atom stereocenters. The van der Waals surface area contributed by atoms with Gasteiger partial charge in [0, 0.05) is 19.8 Å². The van der Waals surface area contributed by atoms with Gasteiger partial charge in [0.15, 0.2) is 0 Å². The highest BCUT2D eigenvalue weighted by molar-refractivity contribution is 5.15. The van der Waals surface area contributed by atoms with E-state index in [1.807, 2.05) is 6.07 Å². The summed E-state index contributed by atoms with van der Waals surface area (Å²) in [6.45, 7) is 2.98. The van der Waals surface area contributed by atoms with E-state index in [1.165, 1.54) is 5.56 Å². The van der Waals surface area contributed by atoms with E-state index >= 15 is 0 Å². The van der Waals surface area contributed by atoms with Crippen molar-refractivity contribution in [1.82, 2.24) is 0 Å². The van der Waals surface area contributed by atoms with E-state index in [0.29, 0.717) is 5.92 Å². The van der Waals surface area contributed by atoms with E-state index in [9.17, 15) is 0 Å². The number of benzene rings is 1. The van der Waals surface area contributed by atoms with Gasteiger partial charge in [-0.05, 0) is 24.3 Å². The van der Waals surface area contributed by atoms with Crippen LogP contribution in [0.1, 0.15) is 18.9 Å². The molecule has 0 fully saturated rings. The molecule has 0 heterocycles. The first-order chi connectivity index (χ1) is 7.24. The maximum Gasteiger partial charge on any atom is 0.0465 e. The molecule has 0 bridgehead atoms. The van der Waals surface area contributed by atoms with Gasteiger partial charge in [-0.25, -0.2) is 0 Å². The third-order valence-corrected chi connectivity index (χ3v) is 2.82. The third-order valence-electron chi connectivity index (χ3n) is 2.82. The lowest BCUT2D eigenvalue weighted by Gasteiger charge is -2.19. The maximum atomic E-state index is 6.13. The first-order valence-electron chi connectivity index (χ1n) is 5.52. The van der Waals surface area contributed by atoms with Crippen molar-refractivity contribution in [3.05, 3.63) is 35.9 Å². The van der Waals surface area contributed by atoms with Crippen LogP contribution in [0.3, 0.4) is 0 Å². The lowest BCUT2D eigenvalue weighted by Crippen LogP contribution is -2.31. The Bertz CT molecular complexity index is 260. The van der Waals surface area contributed by atoms with Gasteiger partial charge in [0.1, 0.15) is 0 Å². The van der Waals surface area contributed by atoms with Crippen LogP contribution in [-0.2, 0) is 11.2 Å². The Labute approximate surface area is 92.4 Å². The van der Waals surface area contributed by atoms with E-state index in [4.69, 9.17) is 10.5 Å². The van der Waals surface area contributed by atoms with Crippen LogP contribution in [-0.4, -0.2) is 19.8 Å². The molecular weight excluding hydrogens is 186 g/mol. The summed E-state index contributed by atoms with van der Waals surface area (Å²) in [5.41, 5.74) is 7.45. The summed E-state index contributed by atoms with van der Waals surface area (Å²) in [4.78, 5) is 0. The fourth-order valence-electron chi connectivity index (χ4n) is 1.61. The van der Waals surface area contributed by atoms with E-state index in [2.05, 4.69) is 31.2 Å². The Balaban J connectivity index is 2.38. The summed E-state index contributed by atoms with van der Waals surface area (Å²) in [6, 6.07) is 10.6. The van der Waals surface area contributed by atoms with E-state index in [0.717, 1.165) is 19.4 Å². The monoisotopic (exact) mass is 207 g/mol. The molecule has 0 radical (unpaired) electrons. The van der Waals surface area contributed by atoms with Gasteiger partial charge in [-0.3, -0.25) is 0 Å². The molecule has 2 nitrogen and oxygen atoms in total. The number of hydrogen-bond donors (Lipinski definition) is 1. The zero-order chi connectivity index (χ0) is 11.1. The number of nitrogens with two attached hydrogens (primary N) is 1. The van der Waals surface area contributed by atoms with Gasteiger partial charge in [-0.1, -0.05) is 37.3 Å². The molecule has 0 spiro atoms. The second-order valence-corrected chi connectivity index (χ2v) is 4.11. The van der Waals surface area contributed by atoms with Crippen LogP contribution < -0.4 is 5.73 Å². The molecule has 0 saturated carbocycles. The van der Waals surface area contributed by atoms with Gasteiger partial charge < -0.3 is 10.5 Å². The lowest BCUT2D eigenvalue weighted by atomic mass is 9.93. The molecule has 0 aliphatic carbocycles. The first-order valence-corrected chi connectivity index (χ1v) is 5.52. The molecule has 0 aliphatic rings. The standard InChI is InChI=1S/C13H21NO/c1-11(8-9-15-2)13(14)10-12-6-4-3-5-7-12/h3-7,11,13H,8-10,14H2,1-2H3. The van der Waals surface area contributed by atoms with Crippen molar-refractivity contribution in [3.8, 4) is 0 Å². The molecule has 2 N–H and O–H groups in total. The third kappa shape index (κ3) is 4.45. The van der Waals surface area contributed by atoms with Crippen LogP contribution in [0, 0.1) is 5.92 Å². The average molecular weight is 207 g/mol. The summed E-state index contributed by atoms with van der Waals surface area (Å²) in [6.07, 6.45) is 1.98. The number of ether oxygens (including phenoxy) is 1. The predicted octanol–water partition coefficient (Wildman–Crippen LogP) is 2.23. The Hall–Kier alpha value is -0.860. The maximum absolute atomic E-state index is 6.13. The van der Waals surface area contributed by atoms with Crippen molar-refractivity contribution >= 4 is 0 Å². The molecule has 15 heavy (non-hydrogen) atoms. The van der Waals surface area contributed by atoms with Crippen molar-refractivity contribution in [1.29, 1.82) is 0 Å². The van der Waals surface area contributed by atoms with Crippen LogP contribution >= 0.6 is 0 Å². The fourth-order valence-corrected chi connectivity index (χ4v) is 1.61. The molecular formula is C13H21NO. The van der Waals surface area contributed by atoms with Gasteiger partial charge in [0.25, 0.3) is 0 Å². The molecule has 2 atom stereocenters. The summed E-state index contributed by atoms with van der Waals surface area (Å²) < 4.78 is 5.06. The molecule has 0 aliphatic heterocycles. The van der Waals surface area contributed by atoms with Gasteiger partial charge in [-0.2, -0.15) is 0 Å². The van der Waals surface area contributed by atoms with Gasteiger partial charge >= 0.3 is 0 Å². The Morgan fingerprint density at radius 1 is 1.27 bits per heavy atom. The molecule has 0 saturated heterocycles. The van der Waals surface area contributed by atoms with E-state index < -0.39 is 0 Å². The van der Waals surface area contributed by atoms with Crippen molar-refractivity contribution in [2.45, 2.75) is 25.8 Å². The van der Waals surface area contributed by atoms with Crippen LogP contribution in [0.4, 0.5) is 0 Å². The summed E-state index contributed by atoms with van der Waals surface area (Å²) in [5.74, 6) is 0.505. The second-order valence-electron chi connectivity index (χ2n) is 4.11. The second kappa shape index (κ2) is 6.59. The minimum absolute atomic E-state index is 0.225. The van der Waals surface area contributed by atoms with Crippen LogP contribution in [0.15, 0.2) is 30.3 Å². The number of methoxy groups -OCH3 is 1. The topological polar surface area (TPSA) is 35.2 Å². The largest absolute Gasteiger partial charge is 0.385 e. The van der Waals surface area contributed by atoms with Crippen LogP contribution in [0.5, 0.6) is 0 Å². The van der Waals surface area contributed by atoms with Crippen molar-refractivity contribution in [2.24, 2.45) is 11.7 Å². The molecule has 84 valence electrons. The molecule has 1 aromatic rings. The summed E-state index contributed by atoms with van der Waals surface area (Å²) >= 11 is 0. The van der Waals surface area contributed by atoms with Crippen LogP contribution in [0.2, 0.25) is 0 Å². The highest BCUT2D eigenvalue weighted by Gasteiger charge is 2.12. The predicted molar refractivity (Wildman–Crippen MR) is 63.8 cm³/mol. The van der Waals surface area contributed by atoms with E-state index in [1.54, 1.807) is 7.11 Å². The summed E-state index contributed by atoms with van der Waals surface area (Å²) in [7, 11) is 1.73. The average Bonchev–Trinajstić information content (AvgIpc) is 2.27.